The third-order valence-electron chi connectivity index (χ3n) is 6.34. The van der Waals surface area contributed by atoms with E-state index < -0.39 is 23.7 Å². The molecule has 0 spiro atoms. The van der Waals surface area contributed by atoms with E-state index >= 15 is 0 Å². The first-order chi connectivity index (χ1) is 11.9. The monoisotopic (exact) mass is 359 g/mol. The predicted octanol–water partition coefficient (Wildman–Crippen LogP) is 4.52. The highest BCUT2D eigenvalue weighted by molar-refractivity contribution is 6.62. The quantitative estimate of drug-likeness (QED) is 0.729. The van der Waals surface area contributed by atoms with Crippen molar-refractivity contribution in [2.45, 2.75) is 97.7 Å². The molecular weight excluding hydrogens is 325 g/mol. The number of aromatic nitrogens is 1. The lowest BCUT2D eigenvalue weighted by molar-refractivity contribution is 0.00578. The molecule has 26 heavy (non-hydrogen) atoms. The number of nitrogens with zero attached hydrogens (tertiary/aromatic N) is 1. The number of rotatable bonds is 2. The minimum Gasteiger partial charge on any atom is -0.398 e. The van der Waals surface area contributed by atoms with Gasteiger partial charge in [0.2, 0.25) is 5.91 Å². The highest BCUT2D eigenvalue weighted by Crippen LogP contribution is 2.39. The predicted molar refractivity (Wildman–Crippen MR) is 106 cm³/mol. The van der Waals surface area contributed by atoms with Gasteiger partial charge in [-0.1, -0.05) is 40.0 Å². The van der Waals surface area contributed by atoms with Gasteiger partial charge in [0.15, 0.2) is 0 Å². The van der Waals surface area contributed by atoms with Gasteiger partial charge in [-0.2, -0.15) is 0 Å². The minimum absolute atomic E-state index is 0.0873. The maximum atomic E-state index is 13.1. The molecule has 0 unspecified atom stereocenters. The molecule has 1 aliphatic heterocycles. The maximum absolute atomic E-state index is 13.1. The van der Waals surface area contributed by atoms with Crippen molar-refractivity contribution in [2.75, 3.05) is 0 Å². The molecule has 1 saturated carbocycles. The highest BCUT2D eigenvalue weighted by atomic mass is 16.7. The summed E-state index contributed by atoms with van der Waals surface area (Å²) in [4.78, 5) is 13.1. The summed E-state index contributed by atoms with van der Waals surface area (Å²) in [5, 5.41) is 0. The lowest BCUT2D eigenvalue weighted by atomic mass is 9.74. The fraction of sp³-hybridized carbons (Fsp3) is 0.762. The Balaban J connectivity index is 2.05. The zero-order chi connectivity index (χ0) is 19.3. The molecule has 2 heterocycles. The van der Waals surface area contributed by atoms with Crippen LogP contribution in [0.5, 0.6) is 0 Å². The molecule has 144 valence electrons. The zero-order valence-electron chi connectivity index (χ0n) is 17.5. The first-order valence-electron chi connectivity index (χ1n) is 10.1. The second-order valence-corrected chi connectivity index (χ2v) is 10.0. The van der Waals surface area contributed by atoms with Gasteiger partial charge in [0, 0.05) is 11.6 Å². The second-order valence-electron chi connectivity index (χ2n) is 10.0. The van der Waals surface area contributed by atoms with Crippen LogP contribution in [0.25, 0.3) is 0 Å². The average Bonchev–Trinajstić information content (AvgIpc) is 3.05. The Labute approximate surface area is 158 Å². The second kappa shape index (κ2) is 6.52. The summed E-state index contributed by atoms with van der Waals surface area (Å²) in [7, 11) is -0.502. The van der Waals surface area contributed by atoms with Crippen LogP contribution >= 0.6 is 0 Å². The van der Waals surface area contributed by atoms with Crippen LogP contribution in [0, 0.1) is 5.41 Å². The van der Waals surface area contributed by atoms with Crippen molar-refractivity contribution in [3.05, 3.63) is 17.8 Å². The van der Waals surface area contributed by atoms with Gasteiger partial charge in [0.05, 0.1) is 16.8 Å². The summed E-state index contributed by atoms with van der Waals surface area (Å²) < 4.78 is 14.5. The van der Waals surface area contributed by atoms with Gasteiger partial charge in [-0.15, -0.1) is 0 Å². The fourth-order valence-electron chi connectivity index (χ4n) is 3.96. The van der Waals surface area contributed by atoms with Crippen LogP contribution in [0.1, 0.15) is 96.8 Å². The molecule has 1 aromatic rings. The van der Waals surface area contributed by atoms with E-state index in [-0.39, 0.29) is 5.91 Å². The number of carbonyl (C=O) groups excluding carboxylic acids is 1. The van der Waals surface area contributed by atoms with E-state index in [1.54, 1.807) is 4.57 Å². The molecule has 1 aromatic heterocycles. The van der Waals surface area contributed by atoms with E-state index in [0.29, 0.717) is 5.92 Å². The van der Waals surface area contributed by atoms with E-state index in [9.17, 15) is 4.79 Å². The van der Waals surface area contributed by atoms with Crippen molar-refractivity contribution >= 4 is 18.6 Å². The molecule has 0 atom stereocenters. The van der Waals surface area contributed by atoms with Crippen LogP contribution in [0.15, 0.2) is 12.3 Å². The SMILES string of the molecule is CC(C)(C)C(=O)n1ccc(C2CCCCC2)c1B1OC(C)(C)C(C)(C)O1. The molecule has 0 amide bonds. The summed E-state index contributed by atoms with van der Waals surface area (Å²) >= 11 is 0. The molecule has 1 saturated heterocycles. The topological polar surface area (TPSA) is 40.5 Å². The Kier molecular flexibility index (Phi) is 4.94. The van der Waals surface area contributed by atoms with Gasteiger partial charge in [-0.25, -0.2) is 0 Å². The van der Waals surface area contributed by atoms with Crippen molar-refractivity contribution in [3.63, 3.8) is 0 Å². The summed E-state index contributed by atoms with van der Waals surface area (Å²) in [5.74, 6) is 0.580. The number of hydrogen-bond acceptors (Lipinski definition) is 3. The Morgan fingerprint density at radius 3 is 2.12 bits per heavy atom. The van der Waals surface area contributed by atoms with E-state index in [1.807, 2.05) is 27.0 Å². The smallest absolute Gasteiger partial charge is 0.398 e. The summed E-state index contributed by atoms with van der Waals surface area (Å²) in [6, 6.07) is 2.12. The number of hydrogen-bond donors (Lipinski definition) is 0. The van der Waals surface area contributed by atoms with Crippen LogP contribution in [0.4, 0.5) is 0 Å². The van der Waals surface area contributed by atoms with Gasteiger partial charge in [-0.05, 0) is 58.1 Å². The van der Waals surface area contributed by atoms with Crippen molar-refractivity contribution in [2.24, 2.45) is 5.41 Å². The maximum Gasteiger partial charge on any atom is 0.513 e. The summed E-state index contributed by atoms with van der Waals surface area (Å²) in [5.41, 5.74) is 0.862. The third-order valence-corrected chi connectivity index (χ3v) is 6.34. The number of carbonyl (C=O) groups is 1. The molecular formula is C21H34BNO3. The largest absolute Gasteiger partial charge is 0.513 e. The van der Waals surface area contributed by atoms with Crippen molar-refractivity contribution < 1.29 is 14.1 Å². The summed E-state index contributed by atoms with van der Waals surface area (Å²) in [6.07, 6.45) is 8.11. The molecule has 0 radical (unpaired) electrons. The Morgan fingerprint density at radius 1 is 1.08 bits per heavy atom. The molecule has 1 aliphatic carbocycles. The first kappa shape index (κ1) is 19.7. The van der Waals surface area contributed by atoms with E-state index in [2.05, 4.69) is 33.8 Å². The summed E-state index contributed by atoms with van der Waals surface area (Å²) in [6.45, 7) is 14.1. The molecule has 2 aliphatic rings. The van der Waals surface area contributed by atoms with Crippen LogP contribution in [0.3, 0.4) is 0 Å². The van der Waals surface area contributed by atoms with Crippen LogP contribution in [0.2, 0.25) is 0 Å². The molecule has 2 fully saturated rings. The van der Waals surface area contributed by atoms with Crippen LogP contribution in [-0.4, -0.2) is 28.8 Å². The van der Waals surface area contributed by atoms with Gasteiger partial charge >= 0.3 is 7.12 Å². The molecule has 0 bridgehead atoms. The zero-order valence-corrected chi connectivity index (χ0v) is 17.5. The van der Waals surface area contributed by atoms with Crippen LogP contribution < -0.4 is 5.59 Å². The van der Waals surface area contributed by atoms with Gasteiger partial charge < -0.3 is 9.31 Å². The average molecular weight is 359 g/mol. The standard InChI is InChI=1S/C21H34BNO3/c1-19(2,3)18(24)23-14-13-16(15-11-9-8-10-12-15)17(23)22-25-20(4,5)21(6,7)26-22/h13-15H,8-12H2,1-7H3. The Bertz CT molecular complexity index is 662. The van der Waals surface area contributed by atoms with Crippen molar-refractivity contribution in [1.82, 2.24) is 4.57 Å². The molecule has 3 rings (SSSR count). The van der Waals surface area contributed by atoms with Crippen molar-refractivity contribution in [3.8, 4) is 0 Å². The normalized spacial score (nSPS) is 23.4. The van der Waals surface area contributed by atoms with Crippen LogP contribution in [-0.2, 0) is 9.31 Å². The Morgan fingerprint density at radius 2 is 1.62 bits per heavy atom. The third kappa shape index (κ3) is 3.40. The molecule has 0 aromatic carbocycles. The first-order valence-corrected chi connectivity index (χ1v) is 10.1. The Hall–Kier alpha value is -1.07. The van der Waals surface area contributed by atoms with E-state index in [1.165, 1.54) is 37.7 Å². The fourth-order valence-corrected chi connectivity index (χ4v) is 3.96. The molecule has 0 N–H and O–H groups in total. The minimum atomic E-state index is -0.502. The lowest BCUT2D eigenvalue weighted by Crippen LogP contribution is -2.46. The highest BCUT2D eigenvalue weighted by Gasteiger charge is 2.54. The van der Waals surface area contributed by atoms with Gasteiger partial charge in [0.1, 0.15) is 0 Å². The molecule has 5 heteroatoms. The lowest BCUT2D eigenvalue weighted by Gasteiger charge is -2.32. The van der Waals surface area contributed by atoms with E-state index in [0.717, 1.165) is 5.59 Å². The molecule has 4 nitrogen and oxygen atoms in total. The van der Waals surface area contributed by atoms with E-state index in [4.69, 9.17) is 9.31 Å². The van der Waals surface area contributed by atoms with Crippen molar-refractivity contribution in [1.29, 1.82) is 0 Å². The van der Waals surface area contributed by atoms with Gasteiger partial charge in [0.25, 0.3) is 0 Å². The van der Waals surface area contributed by atoms with Gasteiger partial charge in [-0.3, -0.25) is 9.36 Å².